The van der Waals surface area contributed by atoms with Crippen molar-refractivity contribution in [2.45, 2.75) is 18.2 Å². The maximum Gasteiger partial charge on any atom is 0.338 e. The summed E-state index contributed by atoms with van der Waals surface area (Å²) < 4.78 is 34.0. The molecule has 1 aromatic rings. The third-order valence-corrected chi connectivity index (χ3v) is 5.17. The molecule has 1 aromatic carbocycles. The average Bonchev–Trinajstić information content (AvgIpc) is 2.90. The molecule has 1 aliphatic rings. The molecule has 116 valence electrons. The van der Waals surface area contributed by atoms with Crippen LogP contribution in [0.1, 0.15) is 22.3 Å². The van der Waals surface area contributed by atoms with Gasteiger partial charge in [0.1, 0.15) is 0 Å². The van der Waals surface area contributed by atoms with E-state index in [1.54, 1.807) is 6.92 Å². The molecule has 0 saturated carbocycles. The van der Waals surface area contributed by atoms with Crippen molar-refractivity contribution in [2.75, 3.05) is 19.8 Å². The van der Waals surface area contributed by atoms with Gasteiger partial charge in [0.25, 0.3) is 0 Å². The minimum Gasteiger partial charge on any atom is -0.462 e. The molecule has 1 heterocycles. The second kappa shape index (κ2) is 6.43. The summed E-state index contributed by atoms with van der Waals surface area (Å²) in [6, 6.07) is 2.76. The molecule has 0 aliphatic carbocycles. The van der Waals surface area contributed by atoms with Crippen molar-refractivity contribution >= 4 is 31.9 Å². The first-order valence-corrected chi connectivity index (χ1v) is 8.71. The number of benzene rings is 1. The summed E-state index contributed by atoms with van der Waals surface area (Å²) in [4.78, 5) is 11.9. The van der Waals surface area contributed by atoms with E-state index in [1.807, 2.05) is 0 Å². The molecule has 1 aliphatic heterocycles. The molecule has 1 atom stereocenters. The van der Waals surface area contributed by atoms with Crippen molar-refractivity contribution in [3.8, 4) is 0 Å². The zero-order valence-corrected chi connectivity index (χ0v) is 13.9. The van der Waals surface area contributed by atoms with Gasteiger partial charge in [-0.3, -0.25) is 0 Å². The van der Waals surface area contributed by atoms with Gasteiger partial charge < -0.3 is 9.47 Å². The summed E-state index contributed by atoms with van der Waals surface area (Å²) >= 11 is 3.23. The van der Waals surface area contributed by atoms with Gasteiger partial charge in [0.15, 0.2) is 0 Å². The van der Waals surface area contributed by atoms with Crippen LogP contribution in [0.15, 0.2) is 21.5 Å². The fourth-order valence-electron chi connectivity index (χ4n) is 2.06. The Hall–Kier alpha value is -0.960. The van der Waals surface area contributed by atoms with Crippen molar-refractivity contribution in [1.29, 1.82) is 0 Å². The van der Waals surface area contributed by atoms with E-state index in [9.17, 15) is 13.2 Å². The first-order chi connectivity index (χ1) is 9.79. The van der Waals surface area contributed by atoms with Gasteiger partial charge in [0.2, 0.25) is 10.0 Å². The van der Waals surface area contributed by atoms with Gasteiger partial charge in [-0.05, 0) is 31.0 Å². The first-order valence-electron chi connectivity index (χ1n) is 6.37. The lowest BCUT2D eigenvalue weighted by Gasteiger charge is -2.11. The molecule has 2 rings (SSSR count). The van der Waals surface area contributed by atoms with Crippen LogP contribution in [0, 0.1) is 12.8 Å². The number of hydrogen-bond donors (Lipinski definition) is 1. The molecule has 1 fully saturated rings. The van der Waals surface area contributed by atoms with Crippen LogP contribution < -0.4 is 5.14 Å². The highest BCUT2D eigenvalue weighted by molar-refractivity contribution is 9.10. The number of ether oxygens (including phenoxy) is 2. The third kappa shape index (κ3) is 4.03. The van der Waals surface area contributed by atoms with Gasteiger partial charge in [-0.1, -0.05) is 15.9 Å². The fraction of sp³-hybridized carbons (Fsp3) is 0.462. The number of nitrogens with two attached hydrogens (primary N) is 1. The second-order valence-electron chi connectivity index (χ2n) is 4.95. The molecule has 6 nitrogen and oxygen atoms in total. The number of carbonyl (C=O) groups is 1. The topological polar surface area (TPSA) is 95.7 Å². The molecule has 21 heavy (non-hydrogen) atoms. The van der Waals surface area contributed by atoms with E-state index in [4.69, 9.17) is 14.6 Å². The van der Waals surface area contributed by atoms with Gasteiger partial charge in [-0.2, -0.15) is 0 Å². The zero-order chi connectivity index (χ0) is 15.6. The number of rotatable bonds is 4. The molecular formula is C13H16BrNO5S. The van der Waals surface area contributed by atoms with E-state index in [-0.39, 0.29) is 23.0 Å². The number of hydrogen-bond acceptors (Lipinski definition) is 5. The van der Waals surface area contributed by atoms with Crippen molar-refractivity contribution < 1.29 is 22.7 Å². The highest BCUT2D eigenvalue weighted by atomic mass is 79.9. The largest absolute Gasteiger partial charge is 0.462 e. The summed E-state index contributed by atoms with van der Waals surface area (Å²) in [5.74, 6) is -0.381. The predicted molar refractivity (Wildman–Crippen MR) is 79.5 cm³/mol. The molecule has 1 unspecified atom stereocenters. The molecule has 2 N–H and O–H groups in total. The lowest BCUT2D eigenvalue weighted by Crippen LogP contribution is -2.17. The first kappa shape index (κ1) is 16.4. The van der Waals surface area contributed by atoms with Gasteiger partial charge in [0, 0.05) is 17.0 Å². The smallest absolute Gasteiger partial charge is 0.338 e. The van der Waals surface area contributed by atoms with Crippen LogP contribution in [0.25, 0.3) is 0 Å². The monoisotopic (exact) mass is 377 g/mol. The third-order valence-electron chi connectivity index (χ3n) is 3.31. The van der Waals surface area contributed by atoms with Crippen LogP contribution in [0.4, 0.5) is 0 Å². The van der Waals surface area contributed by atoms with Gasteiger partial charge in [-0.15, -0.1) is 0 Å². The summed E-state index contributed by atoms with van der Waals surface area (Å²) in [7, 11) is -3.90. The summed E-state index contributed by atoms with van der Waals surface area (Å²) in [5.41, 5.74) is 0.605. The summed E-state index contributed by atoms with van der Waals surface area (Å²) in [5, 5.41) is 5.15. The van der Waals surface area contributed by atoms with E-state index < -0.39 is 16.0 Å². The number of primary sulfonamides is 1. The van der Waals surface area contributed by atoms with Crippen LogP contribution in [-0.2, 0) is 19.5 Å². The zero-order valence-electron chi connectivity index (χ0n) is 11.5. The Kier molecular flexibility index (Phi) is 5.03. The van der Waals surface area contributed by atoms with Crippen molar-refractivity contribution in [2.24, 2.45) is 11.1 Å². The average molecular weight is 378 g/mol. The van der Waals surface area contributed by atoms with Crippen LogP contribution in [0.2, 0.25) is 0 Å². The Labute approximate surface area is 131 Å². The van der Waals surface area contributed by atoms with Gasteiger partial charge >= 0.3 is 5.97 Å². The van der Waals surface area contributed by atoms with Crippen LogP contribution in [-0.4, -0.2) is 34.2 Å². The summed E-state index contributed by atoms with van der Waals surface area (Å²) in [6.07, 6.45) is 0.854. The predicted octanol–water partition coefficient (Wildman–Crippen LogP) is 1.60. The molecule has 0 aromatic heterocycles. The standard InChI is InChI=1S/C13H16BrNO5S/c1-8-11(14)4-10(5-12(8)21(15,17)18)13(16)20-7-9-2-3-19-6-9/h4-5,9H,2-3,6-7H2,1H3,(H2,15,17,18). The minimum absolute atomic E-state index is 0.0898. The summed E-state index contributed by atoms with van der Waals surface area (Å²) in [6.45, 7) is 3.12. The van der Waals surface area contributed by atoms with Crippen molar-refractivity contribution in [3.05, 3.63) is 27.7 Å². The highest BCUT2D eigenvalue weighted by Crippen LogP contribution is 2.25. The quantitative estimate of drug-likeness (QED) is 0.803. The van der Waals surface area contributed by atoms with E-state index in [0.29, 0.717) is 23.2 Å². The number of esters is 1. The van der Waals surface area contributed by atoms with E-state index in [1.165, 1.54) is 12.1 Å². The van der Waals surface area contributed by atoms with Gasteiger partial charge in [-0.25, -0.2) is 18.4 Å². The molecule has 0 spiro atoms. The number of carbonyl (C=O) groups excluding carboxylic acids is 1. The highest BCUT2D eigenvalue weighted by Gasteiger charge is 2.21. The molecule has 8 heteroatoms. The van der Waals surface area contributed by atoms with Crippen LogP contribution >= 0.6 is 15.9 Å². The SMILES string of the molecule is Cc1c(Br)cc(C(=O)OCC2CCOC2)cc1S(N)(=O)=O. The Morgan fingerprint density at radius 1 is 1.52 bits per heavy atom. The Balaban J connectivity index is 2.19. The Morgan fingerprint density at radius 2 is 2.24 bits per heavy atom. The molecule has 0 amide bonds. The van der Waals surface area contributed by atoms with Crippen LogP contribution in [0.5, 0.6) is 0 Å². The van der Waals surface area contributed by atoms with Gasteiger partial charge in [0.05, 0.1) is 23.7 Å². The van der Waals surface area contributed by atoms with Crippen LogP contribution in [0.3, 0.4) is 0 Å². The second-order valence-corrected chi connectivity index (χ2v) is 7.34. The van der Waals surface area contributed by atoms with E-state index >= 15 is 0 Å². The lowest BCUT2D eigenvalue weighted by atomic mass is 10.1. The van der Waals surface area contributed by atoms with Crippen molar-refractivity contribution in [3.63, 3.8) is 0 Å². The molecule has 1 saturated heterocycles. The fourth-order valence-corrected chi connectivity index (χ4v) is 3.48. The maximum atomic E-state index is 12.0. The van der Waals surface area contributed by atoms with E-state index in [0.717, 1.165) is 6.42 Å². The minimum atomic E-state index is -3.90. The maximum absolute atomic E-state index is 12.0. The Morgan fingerprint density at radius 3 is 2.81 bits per heavy atom. The molecular weight excluding hydrogens is 362 g/mol. The molecule has 0 radical (unpaired) electrons. The lowest BCUT2D eigenvalue weighted by molar-refractivity contribution is 0.0428. The normalized spacial score (nSPS) is 18.7. The van der Waals surface area contributed by atoms with Crippen molar-refractivity contribution in [1.82, 2.24) is 0 Å². The number of halogens is 1. The van der Waals surface area contributed by atoms with E-state index in [2.05, 4.69) is 15.9 Å². The number of sulfonamides is 1. The Bertz CT molecular complexity index is 653. The molecule has 0 bridgehead atoms.